The first kappa shape index (κ1) is 12.6. The smallest absolute Gasteiger partial charge is 0.224 e. The number of hydrogen-bond donors (Lipinski definition) is 2. The van der Waals surface area contributed by atoms with Gasteiger partial charge in [-0.1, -0.05) is 39.3 Å². The lowest BCUT2D eigenvalue weighted by Crippen LogP contribution is -2.31. The Morgan fingerprint density at radius 3 is 2.53 bits per heavy atom. The van der Waals surface area contributed by atoms with Crippen LogP contribution < -0.4 is 10.6 Å². The maximum absolute atomic E-state index is 12.1. The first-order chi connectivity index (χ1) is 7.87. The second kappa shape index (κ2) is 4.13. The second-order valence-corrected chi connectivity index (χ2v) is 6.41. The molecule has 0 aromatic carbocycles. The van der Waals surface area contributed by atoms with Crippen molar-refractivity contribution in [1.29, 1.82) is 0 Å². The monoisotopic (exact) mass is 236 g/mol. The van der Waals surface area contributed by atoms with Gasteiger partial charge >= 0.3 is 0 Å². The summed E-state index contributed by atoms with van der Waals surface area (Å²) >= 11 is 0. The Morgan fingerprint density at radius 2 is 2.06 bits per heavy atom. The van der Waals surface area contributed by atoms with Gasteiger partial charge in [0.15, 0.2) is 0 Å². The van der Waals surface area contributed by atoms with Gasteiger partial charge in [0.2, 0.25) is 5.91 Å². The van der Waals surface area contributed by atoms with Crippen molar-refractivity contribution >= 4 is 5.91 Å². The molecule has 1 aliphatic heterocycles. The van der Waals surface area contributed by atoms with E-state index in [0.29, 0.717) is 0 Å². The van der Waals surface area contributed by atoms with Crippen LogP contribution in [-0.4, -0.2) is 25.5 Å². The van der Waals surface area contributed by atoms with Crippen LogP contribution in [0.4, 0.5) is 0 Å². The fraction of sp³-hybridized carbons (Fsp3) is 0.786. The SMILES string of the molecule is CC1(C)C(C(=O)NCC2=CCNCC2)C1(C)C. The molecule has 96 valence electrons. The number of carbonyl (C=O) groups is 1. The Bertz CT molecular complexity index is 341. The average Bonchev–Trinajstić information content (AvgIpc) is 2.68. The lowest BCUT2D eigenvalue weighted by molar-refractivity contribution is -0.123. The van der Waals surface area contributed by atoms with Gasteiger partial charge in [0.25, 0.3) is 0 Å². The molecule has 0 aromatic heterocycles. The maximum Gasteiger partial charge on any atom is 0.224 e. The lowest BCUT2D eigenvalue weighted by atomic mass is 10.0. The van der Waals surface area contributed by atoms with Crippen LogP contribution in [0, 0.1) is 16.7 Å². The summed E-state index contributed by atoms with van der Waals surface area (Å²) in [6.07, 6.45) is 3.24. The third kappa shape index (κ3) is 2.13. The Balaban J connectivity index is 1.85. The van der Waals surface area contributed by atoms with E-state index in [1.807, 2.05) is 0 Å². The minimum Gasteiger partial charge on any atom is -0.352 e. The highest BCUT2D eigenvalue weighted by Gasteiger charge is 2.68. The highest BCUT2D eigenvalue weighted by atomic mass is 16.2. The number of nitrogens with one attached hydrogen (secondary N) is 2. The van der Waals surface area contributed by atoms with Crippen molar-refractivity contribution < 1.29 is 4.79 Å². The molecule has 2 aliphatic rings. The first-order valence-electron chi connectivity index (χ1n) is 6.53. The highest BCUT2D eigenvalue weighted by molar-refractivity contribution is 5.84. The van der Waals surface area contributed by atoms with E-state index in [9.17, 15) is 4.79 Å². The van der Waals surface area contributed by atoms with E-state index in [1.165, 1.54) is 5.57 Å². The largest absolute Gasteiger partial charge is 0.352 e. The van der Waals surface area contributed by atoms with E-state index in [-0.39, 0.29) is 22.7 Å². The summed E-state index contributed by atoms with van der Waals surface area (Å²) in [7, 11) is 0. The van der Waals surface area contributed by atoms with Crippen LogP contribution in [0.15, 0.2) is 11.6 Å². The summed E-state index contributed by atoms with van der Waals surface area (Å²) in [6.45, 7) is 11.4. The lowest BCUT2D eigenvalue weighted by Gasteiger charge is -2.15. The number of rotatable bonds is 3. The van der Waals surface area contributed by atoms with Crippen molar-refractivity contribution in [2.75, 3.05) is 19.6 Å². The van der Waals surface area contributed by atoms with Crippen LogP contribution in [0.2, 0.25) is 0 Å². The van der Waals surface area contributed by atoms with Crippen LogP contribution in [-0.2, 0) is 4.79 Å². The van der Waals surface area contributed by atoms with E-state index in [2.05, 4.69) is 44.4 Å². The molecule has 0 unspecified atom stereocenters. The quantitative estimate of drug-likeness (QED) is 0.732. The molecule has 0 atom stereocenters. The van der Waals surface area contributed by atoms with Crippen molar-refractivity contribution in [3.05, 3.63) is 11.6 Å². The van der Waals surface area contributed by atoms with Gasteiger partial charge in [0, 0.05) is 19.0 Å². The van der Waals surface area contributed by atoms with Gasteiger partial charge in [-0.25, -0.2) is 0 Å². The van der Waals surface area contributed by atoms with E-state index < -0.39 is 0 Å². The summed E-state index contributed by atoms with van der Waals surface area (Å²) in [4.78, 5) is 12.1. The van der Waals surface area contributed by atoms with Crippen LogP contribution in [0.3, 0.4) is 0 Å². The Hall–Kier alpha value is -0.830. The molecule has 0 bridgehead atoms. The van der Waals surface area contributed by atoms with Crippen molar-refractivity contribution in [2.45, 2.75) is 34.1 Å². The normalized spacial score (nSPS) is 26.2. The molecule has 1 fully saturated rings. The molecule has 1 aliphatic carbocycles. The predicted molar refractivity (Wildman–Crippen MR) is 69.6 cm³/mol. The summed E-state index contributed by atoms with van der Waals surface area (Å²) in [5.74, 6) is 0.386. The zero-order valence-corrected chi connectivity index (χ0v) is 11.4. The average molecular weight is 236 g/mol. The van der Waals surface area contributed by atoms with Crippen molar-refractivity contribution in [3.63, 3.8) is 0 Å². The summed E-state index contributed by atoms with van der Waals surface area (Å²) < 4.78 is 0. The molecule has 2 rings (SSSR count). The van der Waals surface area contributed by atoms with E-state index in [0.717, 1.165) is 26.1 Å². The topological polar surface area (TPSA) is 41.1 Å². The molecular formula is C14H24N2O. The molecule has 0 spiro atoms. The minimum atomic E-state index is 0.138. The predicted octanol–water partition coefficient (Wildman–Crippen LogP) is 1.70. The van der Waals surface area contributed by atoms with Crippen LogP contribution >= 0.6 is 0 Å². The van der Waals surface area contributed by atoms with Gasteiger partial charge in [-0.3, -0.25) is 4.79 Å². The van der Waals surface area contributed by atoms with Crippen molar-refractivity contribution in [3.8, 4) is 0 Å². The van der Waals surface area contributed by atoms with Crippen molar-refractivity contribution in [1.82, 2.24) is 10.6 Å². The zero-order chi connectivity index (χ0) is 12.7. The third-order valence-corrected chi connectivity index (χ3v) is 4.93. The Labute approximate surface area is 104 Å². The molecule has 17 heavy (non-hydrogen) atoms. The molecular weight excluding hydrogens is 212 g/mol. The fourth-order valence-electron chi connectivity index (χ4n) is 2.98. The van der Waals surface area contributed by atoms with E-state index in [1.54, 1.807) is 0 Å². The standard InChI is InChI=1S/C14H24N2O/c1-13(2)11(14(13,3)4)12(17)16-9-10-5-7-15-8-6-10/h5,11,15H,6-9H2,1-4H3,(H,16,17). The molecule has 0 saturated heterocycles. The molecule has 1 amide bonds. The van der Waals surface area contributed by atoms with Gasteiger partial charge in [-0.2, -0.15) is 0 Å². The number of amides is 1. The van der Waals surface area contributed by atoms with Gasteiger partial charge in [0.1, 0.15) is 0 Å². The van der Waals surface area contributed by atoms with E-state index >= 15 is 0 Å². The molecule has 3 heteroatoms. The van der Waals surface area contributed by atoms with Gasteiger partial charge in [-0.15, -0.1) is 0 Å². The van der Waals surface area contributed by atoms with Gasteiger partial charge in [0.05, 0.1) is 0 Å². The molecule has 0 aromatic rings. The van der Waals surface area contributed by atoms with Crippen LogP contribution in [0.25, 0.3) is 0 Å². The molecule has 2 N–H and O–H groups in total. The van der Waals surface area contributed by atoms with Crippen molar-refractivity contribution in [2.24, 2.45) is 16.7 Å². The number of hydrogen-bond acceptors (Lipinski definition) is 2. The molecule has 3 nitrogen and oxygen atoms in total. The first-order valence-corrected chi connectivity index (χ1v) is 6.53. The molecule has 0 radical (unpaired) electrons. The van der Waals surface area contributed by atoms with Gasteiger partial charge < -0.3 is 10.6 Å². The summed E-state index contributed by atoms with van der Waals surface area (Å²) in [5.41, 5.74) is 1.63. The molecule has 1 heterocycles. The zero-order valence-electron chi connectivity index (χ0n) is 11.4. The maximum atomic E-state index is 12.1. The summed E-state index contributed by atoms with van der Waals surface area (Å²) in [6, 6.07) is 0. The van der Waals surface area contributed by atoms with E-state index in [4.69, 9.17) is 0 Å². The summed E-state index contributed by atoms with van der Waals surface area (Å²) in [5, 5.41) is 6.37. The third-order valence-electron chi connectivity index (χ3n) is 4.93. The minimum absolute atomic E-state index is 0.138. The number of carbonyl (C=O) groups excluding carboxylic acids is 1. The Morgan fingerprint density at radius 1 is 1.41 bits per heavy atom. The Kier molecular flexibility index (Phi) is 3.06. The van der Waals surface area contributed by atoms with Crippen LogP contribution in [0.5, 0.6) is 0 Å². The highest BCUT2D eigenvalue weighted by Crippen LogP contribution is 2.68. The second-order valence-electron chi connectivity index (χ2n) is 6.41. The van der Waals surface area contributed by atoms with Gasteiger partial charge in [-0.05, 0) is 23.8 Å². The fourth-order valence-corrected chi connectivity index (χ4v) is 2.98. The molecule has 1 saturated carbocycles. The van der Waals surface area contributed by atoms with Crippen LogP contribution in [0.1, 0.15) is 34.1 Å².